The van der Waals surface area contributed by atoms with Crippen LogP contribution in [0.25, 0.3) is 0 Å². The van der Waals surface area contributed by atoms with Crippen LogP contribution in [0.5, 0.6) is 0 Å². The van der Waals surface area contributed by atoms with E-state index < -0.39 is 0 Å². The number of rotatable bonds is 4. The van der Waals surface area contributed by atoms with Crippen LogP contribution in [0.1, 0.15) is 22.8 Å². The van der Waals surface area contributed by atoms with E-state index in [4.69, 9.17) is 4.42 Å². The van der Waals surface area contributed by atoms with Gasteiger partial charge in [0, 0.05) is 4.90 Å². The van der Waals surface area contributed by atoms with E-state index in [0.29, 0.717) is 17.7 Å². The second-order valence-electron chi connectivity index (χ2n) is 4.97. The van der Waals surface area contributed by atoms with E-state index in [9.17, 15) is 0 Å². The highest BCUT2D eigenvalue weighted by Crippen LogP contribution is 2.29. The summed E-state index contributed by atoms with van der Waals surface area (Å²) < 4.78 is 8.59. The molecule has 0 saturated heterocycles. The number of nitrogens with zero attached hydrogens (tertiary/aromatic N) is 4. The summed E-state index contributed by atoms with van der Waals surface area (Å²) in [5, 5.41) is 13.2. The van der Waals surface area contributed by atoms with Gasteiger partial charge in [-0.25, -0.2) is 0 Å². The molecule has 2 heterocycles. The normalized spacial score (nSPS) is 11.1. The number of benzene rings is 1. The molecule has 0 aliphatic carbocycles. The molecule has 0 aliphatic rings. The third-order valence-corrected chi connectivity index (χ3v) is 5.48. The molecule has 3 rings (SSSR count). The summed E-state index contributed by atoms with van der Waals surface area (Å²) >= 11 is 5.00. The Bertz CT molecular complexity index is 812. The Labute approximate surface area is 141 Å². The first-order valence-electron chi connectivity index (χ1n) is 6.80. The van der Waals surface area contributed by atoms with Crippen LogP contribution in [0.15, 0.2) is 43.3 Å². The van der Waals surface area contributed by atoms with Crippen LogP contribution in [0, 0.1) is 20.8 Å². The summed E-state index contributed by atoms with van der Waals surface area (Å²) in [6.07, 6.45) is 0. The van der Waals surface area contributed by atoms with Crippen LogP contribution in [0.3, 0.4) is 0 Å². The van der Waals surface area contributed by atoms with Gasteiger partial charge in [0.2, 0.25) is 5.89 Å². The summed E-state index contributed by atoms with van der Waals surface area (Å²) in [7, 11) is 0. The van der Waals surface area contributed by atoms with Gasteiger partial charge in [0.25, 0.3) is 5.22 Å². The molecule has 0 atom stereocenters. The van der Waals surface area contributed by atoms with Gasteiger partial charge in [0.05, 0.1) is 15.9 Å². The van der Waals surface area contributed by atoms with Crippen LogP contribution in [-0.2, 0) is 6.54 Å². The van der Waals surface area contributed by atoms with Crippen LogP contribution >= 0.6 is 27.7 Å². The van der Waals surface area contributed by atoms with E-state index in [1.807, 2.05) is 36.7 Å². The van der Waals surface area contributed by atoms with E-state index in [2.05, 4.69) is 44.2 Å². The summed E-state index contributed by atoms with van der Waals surface area (Å²) in [5.41, 5.74) is 3.19. The molecule has 0 N–H and O–H groups in total. The Morgan fingerprint density at radius 3 is 2.64 bits per heavy atom. The summed E-state index contributed by atoms with van der Waals surface area (Å²) in [4.78, 5) is 1.12. The van der Waals surface area contributed by atoms with Crippen molar-refractivity contribution < 1.29 is 4.42 Å². The highest BCUT2D eigenvalue weighted by atomic mass is 79.9. The van der Waals surface area contributed by atoms with Gasteiger partial charge in [-0.15, -0.1) is 10.2 Å². The Balaban J connectivity index is 1.76. The maximum Gasteiger partial charge on any atom is 0.281 e. The molecule has 0 saturated carbocycles. The Hall–Kier alpha value is -1.60. The second kappa shape index (κ2) is 6.26. The fourth-order valence-corrected chi connectivity index (χ4v) is 3.13. The summed E-state index contributed by atoms with van der Waals surface area (Å²) in [6, 6.07) is 8.12. The highest BCUT2D eigenvalue weighted by molar-refractivity contribution is 9.10. The molecule has 0 amide bonds. The molecule has 1 aromatic carbocycles. The van der Waals surface area contributed by atoms with Crippen molar-refractivity contribution in [3.63, 3.8) is 0 Å². The number of aromatic nitrogens is 4. The molecular formula is C15H15BrN4OS. The lowest BCUT2D eigenvalue weighted by atomic mass is 10.2. The quantitative estimate of drug-likeness (QED) is 0.682. The number of halogens is 1. The molecular weight excluding hydrogens is 364 g/mol. The van der Waals surface area contributed by atoms with Crippen LogP contribution < -0.4 is 0 Å². The van der Waals surface area contributed by atoms with Gasteiger partial charge >= 0.3 is 0 Å². The molecule has 2 aromatic heterocycles. The minimum atomic E-state index is 0.472. The molecule has 0 aliphatic heterocycles. The van der Waals surface area contributed by atoms with Crippen molar-refractivity contribution in [2.45, 2.75) is 37.4 Å². The van der Waals surface area contributed by atoms with Crippen molar-refractivity contribution in [2.24, 2.45) is 0 Å². The monoisotopic (exact) mass is 378 g/mol. The second-order valence-corrected chi connectivity index (χ2v) is 6.76. The maximum atomic E-state index is 5.72. The van der Waals surface area contributed by atoms with Gasteiger partial charge in [-0.3, -0.25) is 4.68 Å². The Morgan fingerprint density at radius 1 is 1.18 bits per heavy atom. The van der Waals surface area contributed by atoms with Crippen LogP contribution in [0.2, 0.25) is 0 Å². The fraction of sp³-hybridized carbons (Fsp3) is 0.267. The zero-order valence-electron chi connectivity index (χ0n) is 12.5. The predicted molar refractivity (Wildman–Crippen MR) is 88.1 cm³/mol. The first kappa shape index (κ1) is 15.3. The lowest BCUT2D eigenvalue weighted by molar-refractivity contribution is 0.396. The molecule has 0 unspecified atom stereocenters. The molecule has 0 radical (unpaired) electrons. The molecule has 5 nitrogen and oxygen atoms in total. The first-order valence-corrected chi connectivity index (χ1v) is 8.41. The van der Waals surface area contributed by atoms with Crippen molar-refractivity contribution >= 4 is 27.7 Å². The number of hydrogen-bond acceptors (Lipinski definition) is 5. The fourth-order valence-electron chi connectivity index (χ4n) is 2.07. The van der Waals surface area contributed by atoms with Crippen molar-refractivity contribution in [1.82, 2.24) is 20.0 Å². The largest absolute Gasteiger partial charge is 0.414 e. The van der Waals surface area contributed by atoms with Gasteiger partial charge in [-0.05, 0) is 60.1 Å². The summed E-state index contributed by atoms with van der Waals surface area (Å²) in [5.74, 6) is 0.550. The van der Waals surface area contributed by atoms with Gasteiger partial charge in [0.15, 0.2) is 0 Å². The summed E-state index contributed by atoms with van der Waals surface area (Å²) in [6.45, 7) is 6.50. The van der Waals surface area contributed by atoms with Gasteiger partial charge in [-0.2, -0.15) is 5.10 Å². The molecule has 0 bridgehead atoms. The average molecular weight is 379 g/mol. The van der Waals surface area contributed by atoms with E-state index in [-0.39, 0.29) is 0 Å². The van der Waals surface area contributed by atoms with E-state index in [0.717, 1.165) is 20.8 Å². The standard InChI is InChI=1S/C15H15BrN4OS/c1-9-6-4-5-7-12(9)22-15-18-17-13(21-15)8-20-11(3)14(16)10(2)19-20/h4-7H,8H2,1-3H3. The van der Waals surface area contributed by atoms with Crippen LogP contribution in [-0.4, -0.2) is 20.0 Å². The van der Waals surface area contributed by atoms with Crippen molar-refractivity contribution in [2.75, 3.05) is 0 Å². The lowest BCUT2D eigenvalue weighted by Crippen LogP contribution is -2.04. The third-order valence-electron chi connectivity index (χ3n) is 3.32. The first-order chi connectivity index (χ1) is 10.5. The number of hydrogen-bond donors (Lipinski definition) is 0. The molecule has 22 heavy (non-hydrogen) atoms. The Kier molecular flexibility index (Phi) is 4.35. The molecule has 7 heteroatoms. The number of aryl methyl sites for hydroxylation is 2. The SMILES string of the molecule is Cc1ccccc1Sc1nnc(Cn2nc(C)c(Br)c2C)o1. The van der Waals surface area contributed by atoms with Crippen molar-refractivity contribution in [3.8, 4) is 0 Å². The minimum Gasteiger partial charge on any atom is -0.414 e. The zero-order valence-corrected chi connectivity index (χ0v) is 14.9. The van der Waals surface area contributed by atoms with Crippen molar-refractivity contribution in [1.29, 1.82) is 0 Å². The molecule has 3 aromatic rings. The minimum absolute atomic E-state index is 0.472. The van der Waals surface area contributed by atoms with E-state index in [1.54, 1.807) is 0 Å². The topological polar surface area (TPSA) is 56.7 Å². The van der Waals surface area contributed by atoms with Crippen molar-refractivity contribution in [3.05, 3.63) is 51.6 Å². The molecule has 0 fully saturated rings. The highest BCUT2D eigenvalue weighted by Gasteiger charge is 2.13. The van der Waals surface area contributed by atoms with Gasteiger partial charge in [0.1, 0.15) is 6.54 Å². The van der Waals surface area contributed by atoms with E-state index in [1.165, 1.54) is 17.3 Å². The molecule has 0 spiro atoms. The predicted octanol–water partition coefficient (Wildman–Crippen LogP) is 4.15. The third kappa shape index (κ3) is 3.10. The maximum absolute atomic E-state index is 5.72. The molecule has 114 valence electrons. The van der Waals surface area contributed by atoms with Gasteiger partial charge in [-0.1, -0.05) is 18.2 Å². The zero-order chi connectivity index (χ0) is 15.7. The smallest absolute Gasteiger partial charge is 0.281 e. The van der Waals surface area contributed by atoms with Crippen LogP contribution in [0.4, 0.5) is 0 Å². The average Bonchev–Trinajstić information content (AvgIpc) is 3.03. The van der Waals surface area contributed by atoms with E-state index >= 15 is 0 Å². The van der Waals surface area contributed by atoms with Gasteiger partial charge < -0.3 is 4.42 Å². The lowest BCUT2D eigenvalue weighted by Gasteiger charge is -2.01. The Morgan fingerprint density at radius 2 is 1.95 bits per heavy atom.